The molecule has 0 aliphatic carbocycles. The lowest BCUT2D eigenvalue weighted by atomic mass is 10.1. The molecule has 78 valence electrons. The number of likely N-dealkylation sites (tertiary alicyclic amines) is 1. The summed E-state index contributed by atoms with van der Waals surface area (Å²) >= 11 is 1.76. The summed E-state index contributed by atoms with van der Waals surface area (Å²) in [6, 6.07) is 0.611. The SMILES string of the molecule is CCN1CC(Nc2nc(C)c(C)s2)C1. The van der Waals surface area contributed by atoms with Crippen molar-refractivity contribution in [1.82, 2.24) is 9.88 Å². The zero-order valence-corrected chi connectivity index (χ0v) is 9.82. The fourth-order valence-corrected chi connectivity index (χ4v) is 2.52. The van der Waals surface area contributed by atoms with Crippen LogP contribution in [0, 0.1) is 13.8 Å². The molecule has 2 rings (SSSR count). The van der Waals surface area contributed by atoms with Gasteiger partial charge in [0.15, 0.2) is 5.13 Å². The molecule has 14 heavy (non-hydrogen) atoms. The van der Waals surface area contributed by atoms with Gasteiger partial charge in [-0.2, -0.15) is 0 Å². The minimum absolute atomic E-state index is 0.611. The summed E-state index contributed by atoms with van der Waals surface area (Å²) in [5, 5.41) is 4.55. The average Bonchev–Trinajstić information content (AvgIpc) is 2.38. The Morgan fingerprint density at radius 2 is 2.21 bits per heavy atom. The summed E-state index contributed by atoms with van der Waals surface area (Å²) in [4.78, 5) is 8.21. The number of anilines is 1. The quantitative estimate of drug-likeness (QED) is 0.827. The Morgan fingerprint density at radius 1 is 1.50 bits per heavy atom. The Bertz CT molecular complexity index is 296. The normalized spacial score (nSPS) is 18.2. The highest BCUT2D eigenvalue weighted by atomic mass is 32.1. The monoisotopic (exact) mass is 211 g/mol. The molecule has 1 saturated heterocycles. The van der Waals surface area contributed by atoms with E-state index in [0.29, 0.717) is 6.04 Å². The minimum Gasteiger partial charge on any atom is -0.356 e. The number of aryl methyl sites for hydroxylation is 2. The number of nitrogens with one attached hydrogen (secondary N) is 1. The summed E-state index contributed by atoms with van der Waals surface area (Å²) < 4.78 is 0. The molecule has 0 aromatic carbocycles. The van der Waals surface area contributed by atoms with E-state index in [0.717, 1.165) is 30.5 Å². The van der Waals surface area contributed by atoms with Crippen LogP contribution >= 0.6 is 11.3 Å². The topological polar surface area (TPSA) is 28.2 Å². The van der Waals surface area contributed by atoms with Gasteiger partial charge in [0.05, 0.1) is 11.7 Å². The highest BCUT2D eigenvalue weighted by Gasteiger charge is 2.25. The third-order valence-corrected chi connectivity index (χ3v) is 3.76. The van der Waals surface area contributed by atoms with E-state index in [1.165, 1.54) is 4.88 Å². The first-order valence-electron chi connectivity index (χ1n) is 5.12. The van der Waals surface area contributed by atoms with E-state index < -0.39 is 0 Å². The Labute approximate surface area is 89.1 Å². The first-order chi connectivity index (χ1) is 6.69. The van der Waals surface area contributed by atoms with Gasteiger partial charge >= 0.3 is 0 Å². The van der Waals surface area contributed by atoms with E-state index in [9.17, 15) is 0 Å². The van der Waals surface area contributed by atoms with Gasteiger partial charge in [0.2, 0.25) is 0 Å². The van der Waals surface area contributed by atoms with Gasteiger partial charge in [-0.25, -0.2) is 4.98 Å². The van der Waals surface area contributed by atoms with Crippen LogP contribution in [-0.4, -0.2) is 35.6 Å². The van der Waals surface area contributed by atoms with E-state index in [2.05, 4.69) is 36.0 Å². The van der Waals surface area contributed by atoms with Crippen LogP contribution in [0.5, 0.6) is 0 Å². The Morgan fingerprint density at radius 3 is 2.71 bits per heavy atom. The molecule has 1 aromatic heterocycles. The second-order valence-corrected chi connectivity index (χ2v) is 5.06. The van der Waals surface area contributed by atoms with Crippen LogP contribution in [0.4, 0.5) is 5.13 Å². The zero-order valence-electron chi connectivity index (χ0n) is 9.00. The van der Waals surface area contributed by atoms with Gasteiger partial charge in [-0.15, -0.1) is 11.3 Å². The predicted molar refractivity (Wildman–Crippen MR) is 61.1 cm³/mol. The molecule has 4 heteroatoms. The van der Waals surface area contributed by atoms with Crippen LogP contribution in [0.25, 0.3) is 0 Å². The van der Waals surface area contributed by atoms with Crippen LogP contribution < -0.4 is 5.32 Å². The lowest BCUT2D eigenvalue weighted by Crippen LogP contribution is -2.54. The third-order valence-electron chi connectivity index (χ3n) is 2.76. The number of rotatable bonds is 3. The first kappa shape index (κ1) is 9.93. The number of aromatic nitrogens is 1. The molecule has 1 fully saturated rings. The van der Waals surface area contributed by atoms with E-state index >= 15 is 0 Å². The molecule has 1 aliphatic heterocycles. The van der Waals surface area contributed by atoms with Crippen molar-refractivity contribution in [1.29, 1.82) is 0 Å². The molecular formula is C10H17N3S. The van der Waals surface area contributed by atoms with E-state index in [4.69, 9.17) is 0 Å². The molecule has 0 bridgehead atoms. The van der Waals surface area contributed by atoms with Gasteiger partial charge in [-0.1, -0.05) is 6.92 Å². The molecule has 0 radical (unpaired) electrons. The second-order valence-electron chi connectivity index (χ2n) is 3.85. The summed E-state index contributed by atoms with van der Waals surface area (Å²) in [6.07, 6.45) is 0. The van der Waals surface area contributed by atoms with Crippen molar-refractivity contribution in [3.8, 4) is 0 Å². The fraction of sp³-hybridized carbons (Fsp3) is 0.700. The minimum atomic E-state index is 0.611. The van der Waals surface area contributed by atoms with Crippen molar-refractivity contribution in [2.45, 2.75) is 26.8 Å². The highest BCUT2D eigenvalue weighted by Crippen LogP contribution is 2.23. The molecule has 0 unspecified atom stereocenters. The fourth-order valence-electron chi connectivity index (χ4n) is 1.63. The number of hydrogen-bond acceptors (Lipinski definition) is 4. The molecule has 0 amide bonds. The maximum absolute atomic E-state index is 4.47. The molecule has 0 atom stereocenters. The number of hydrogen-bond donors (Lipinski definition) is 1. The number of likely N-dealkylation sites (N-methyl/N-ethyl adjacent to an activating group) is 1. The second kappa shape index (κ2) is 3.87. The van der Waals surface area contributed by atoms with Crippen molar-refractivity contribution in [3.63, 3.8) is 0 Å². The van der Waals surface area contributed by atoms with Gasteiger partial charge < -0.3 is 5.32 Å². The molecule has 2 heterocycles. The van der Waals surface area contributed by atoms with Gasteiger partial charge in [-0.05, 0) is 20.4 Å². The van der Waals surface area contributed by atoms with Crippen molar-refractivity contribution < 1.29 is 0 Å². The summed E-state index contributed by atoms with van der Waals surface area (Å²) in [5.74, 6) is 0. The highest BCUT2D eigenvalue weighted by molar-refractivity contribution is 7.15. The Hall–Kier alpha value is -0.610. The maximum Gasteiger partial charge on any atom is 0.183 e. The summed E-state index contributed by atoms with van der Waals surface area (Å²) in [7, 11) is 0. The van der Waals surface area contributed by atoms with Gasteiger partial charge in [0, 0.05) is 18.0 Å². The lowest BCUT2D eigenvalue weighted by Gasteiger charge is -2.38. The van der Waals surface area contributed by atoms with Crippen LogP contribution in [-0.2, 0) is 0 Å². The van der Waals surface area contributed by atoms with Crippen LogP contribution in [0.2, 0.25) is 0 Å². The average molecular weight is 211 g/mol. The molecule has 3 nitrogen and oxygen atoms in total. The number of nitrogens with zero attached hydrogens (tertiary/aromatic N) is 2. The van der Waals surface area contributed by atoms with Crippen molar-refractivity contribution >= 4 is 16.5 Å². The smallest absolute Gasteiger partial charge is 0.183 e. The molecular weight excluding hydrogens is 194 g/mol. The van der Waals surface area contributed by atoms with Crippen molar-refractivity contribution in [2.24, 2.45) is 0 Å². The third kappa shape index (κ3) is 1.91. The Balaban J connectivity index is 1.87. The predicted octanol–water partition coefficient (Wildman–Crippen LogP) is 1.88. The largest absolute Gasteiger partial charge is 0.356 e. The lowest BCUT2D eigenvalue weighted by molar-refractivity contribution is 0.171. The standard InChI is InChI=1S/C10H17N3S/c1-4-13-5-9(6-13)12-10-11-7(2)8(3)14-10/h9H,4-6H2,1-3H3,(H,11,12). The number of thiazole rings is 1. The van der Waals surface area contributed by atoms with Gasteiger partial charge in [-0.3, -0.25) is 4.90 Å². The van der Waals surface area contributed by atoms with Crippen LogP contribution in [0.15, 0.2) is 0 Å². The van der Waals surface area contributed by atoms with Crippen molar-refractivity contribution in [3.05, 3.63) is 10.6 Å². The van der Waals surface area contributed by atoms with Crippen molar-refractivity contribution in [2.75, 3.05) is 25.0 Å². The van der Waals surface area contributed by atoms with E-state index in [1.54, 1.807) is 11.3 Å². The molecule has 0 spiro atoms. The summed E-state index contributed by atoms with van der Waals surface area (Å²) in [6.45, 7) is 9.87. The zero-order chi connectivity index (χ0) is 10.1. The van der Waals surface area contributed by atoms with Gasteiger partial charge in [0.1, 0.15) is 0 Å². The molecule has 1 N–H and O–H groups in total. The van der Waals surface area contributed by atoms with Crippen LogP contribution in [0.1, 0.15) is 17.5 Å². The molecule has 0 saturated carbocycles. The maximum atomic E-state index is 4.47. The van der Waals surface area contributed by atoms with Gasteiger partial charge in [0.25, 0.3) is 0 Å². The first-order valence-corrected chi connectivity index (χ1v) is 5.93. The molecule has 1 aliphatic rings. The van der Waals surface area contributed by atoms with E-state index in [-0.39, 0.29) is 0 Å². The summed E-state index contributed by atoms with van der Waals surface area (Å²) in [5.41, 5.74) is 1.16. The Kier molecular flexibility index (Phi) is 2.74. The van der Waals surface area contributed by atoms with Crippen LogP contribution in [0.3, 0.4) is 0 Å². The molecule has 1 aromatic rings. The van der Waals surface area contributed by atoms with E-state index in [1.807, 2.05) is 0 Å².